The van der Waals surface area contributed by atoms with Gasteiger partial charge in [0, 0.05) is 11.8 Å². The average Bonchev–Trinajstić information content (AvgIpc) is 1.85. The van der Waals surface area contributed by atoms with Crippen molar-refractivity contribution in [1.82, 2.24) is 9.97 Å². The van der Waals surface area contributed by atoms with Gasteiger partial charge in [0.15, 0.2) is 0 Å². The Kier molecular flexibility index (Phi) is 1.85. The zero-order valence-corrected chi connectivity index (χ0v) is 6.26. The molecular formula is C7H11N3. The van der Waals surface area contributed by atoms with Crippen molar-refractivity contribution < 1.29 is 0 Å². The van der Waals surface area contributed by atoms with E-state index in [-0.39, 0.29) is 0 Å². The van der Waals surface area contributed by atoms with Crippen molar-refractivity contribution in [2.75, 3.05) is 5.73 Å². The minimum atomic E-state index is 0.560. The van der Waals surface area contributed by atoms with Crippen molar-refractivity contribution in [3.8, 4) is 0 Å². The molecule has 1 heterocycles. The summed E-state index contributed by atoms with van der Waals surface area (Å²) in [4.78, 5) is 8.11. The molecule has 1 aromatic rings. The number of nitrogen functional groups attached to an aromatic ring is 1. The van der Waals surface area contributed by atoms with Crippen LogP contribution in [-0.2, 0) is 6.42 Å². The first-order valence-corrected chi connectivity index (χ1v) is 3.32. The molecule has 0 amide bonds. The molecule has 1 aromatic heterocycles. The molecule has 0 spiro atoms. The Morgan fingerprint density at radius 1 is 1.50 bits per heavy atom. The first kappa shape index (κ1) is 6.99. The smallest absolute Gasteiger partial charge is 0.127 e. The molecule has 0 unspecified atom stereocenters. The average molecular weight is 137 g/mol. The van der Waals surface area contributed by atoms with Crippen molar-refractivity contribution in [2.24, 2.45) is 0 Å². The van der Waals surface area contributed by atoms with Gasteiger partial charge in [-0.15, -0.1) is 0 Å². The lowest BCUT2D eigenvalue weighted by Gasteiger charge is -1.98. The molecule has 3 nitrogen and oxygen atoms in total. The van der Waals surface area contributed by atoms with Crippen LogP contribution in [0.3, 0.4) is 0 Å². The van der Waals surface area contributed by atoms with E-state index in [4.69, 9.17) is 5.73 Å². The molecule has 0 atom stereocenters. The minimum Gasteiger partial charge on any atom is -0.384 e. The maximum absolute atomic E-state index is 5.48. The second-order valence-electron chi connectivity index (χ2n) is 2.18. The van der Waals surface area contributed by atoms with Gasteiger partial charge in [-0.2, -0.15) is 0 Å². The monoisotopic (exact) mass is 137 g/mol. The van der Waals surface area contributed by atoms with E-state index >= 15 is 0 Å². The van der Waals surface area contributed by atoms with Crippen LogP contribution >= 0.6 is 0 Å². The maximum atomic E-state index is 5.48. The van der Waals surface area contributed by atoms with Gasteiger partial charge >= 0.3 is 0 Å². The predicted molar refractivity (Wildman–Crippen MR) is 40.6 cm³/mol. The molecule has 10 heavy (non-hydrogen) atoms. The molecule has 0 saturated heterocycles. The van der Waals surface area contributed by atoms with Gasteiger partial charge in [0.05, 0.1) is 0 Å². The van der Waals surface area contributed by atoms with E-state index < -0.39 is 0 Å². The molecule has 0 aromatic carbocycles. The highest BCUT2D eigenvalue weighted by Crippen LogP contribution is 2.01. The maximum Gasteiger partial charge on any atom is 0.127 e. The van der Waals surface area contributed by atoms with Crippen LogP contribution in [0.15, 0.2) is 6.07 Å². The van der Waals surface area contributed by atoms with Crippen LogP contribution < -0.4 is 5.73 Å². The fraction of sp³-hybridized carbons (Fsp3) is 0.429. The molecule has 0 bridgehead atoms. The van der Waals surface area contributed by atoms with E-state index in [2.05, 4.69) is 9.97 Å². The molecule has 54 valence electrons. The van der Waals surface area contributed by atoms with Crippen LogP contribution in [-0.4, -0.2) is 9.97 Å². The molecule has 0 aliphatic heterocycles. The molecule has 2 N–H and O–H groups in total. The zero-order valence-electron chi connectivity index (χ0n) is 6.26. The molecule has 0 aliphatic carbocycles. The summed E-state index contributed by atoms with van der Waals surface area (Å²) in [6.07, 6.45) is 0.910. The minimum absolute atomic E-state index is 0.560. The van der Waals surface area contributed by atoms with Gasteiger partial charge < -0.3 is 5.73 Å². The number of aromatic nitrogens is 2. The molecule has 0 aliphatic rings. The van der Waals surface area contributed by atoms with Crippen molar-refractivity contribution in [1.29, 1.82) is 0 Å². The molecule has 0 saturated carbocycles. The van der Waals surface area contributed by atoms with Crippen LogP contribution in [0.5, 0.6) is 0 Å². The van der Waals surface area contributed by atoms with Crippen LogP contribution in [0, 0.1) is 6.92 Å². The van der Waals surface area contributed by atoms with E-state index in [1.807, 2.05) is 13.8 Å². The number of hydrogen-bond acceptors (Lipinski definition) is 3. The van der Waals surface area contributed by atoms with Crippen LogP contribution in [0.4, 0.5) is 5.82 Å². The van der Waals surface area contributed by atoms with Gasteiger partial charge in [-0.25, -0.2) is 9.97 Å². The third kappa shape index (κ3) is 1.43. The van der Waals surface area contributed by atoms with Gasteiger partial charge in [-0.1, -0.05) is 6.92 Å². The summed E-state index contributed by atoms with van der Waals surface area (Å²) >= 11 is 0. The molecule has 0 radical (unpaired) electrons. The Labute approximate surface area is 60.3 Å². The predicted octanol–water partition coefficient (Wildman–Crippen LogP) is 0.930. The van der Waals surface area contributed by atoms with Gasteiger partial charge in [-0.05, 0) is 13.3 Å². The van der Waals surface area contributed by atoms with Crippen LogP contribution in [0.1, 0.15) is 18.4 Å². The normalized spacial score (nSPS) is 9.80. The van der Waals surface area contributed by atoms with Gasteiger partial charge in [0.2, 0.25) is 0 Å². The Morgan fingerprint density at radius 3 is 2.70 bits per heavy atom. The third-order valence-corrected chi connectivity index (χ3v) is 1.27. The van der Waals surface area contributed by atoms with Crippen LogP contribution in [0.2, 0.25) is 0 Å². The SMILES string of the molecule is CCc1cc(N)nc(C)n1. The lowest BCUT2D eigenvalue weighted by atomic mass is 10.3. The summed E-state index contributed by atoms with van der Waals surface area (Å²) in [5.74, 6) is 1.31. The summed E-state index contributed by atoms with van der Waals surface area (Å²) in [5, 5.41) is 0. The topological polar surface area (TPSA) is 51.8 Å². The number of nitrogens with zero attached hydrogens (tertiary/aromatic N) is 2. The van der Waals surface area contributed by atoms with Crippen molar-refractivity contribution in [3.63, 3.8) is 0 Å². The van der Waals surface area contributed by atoms with E-state index in [9.17, 15) is 0 Å². The Morgan fingerprint density at radius 2 is 2.20 bits per heavy atom. The Bertz CT molecular complexity index is 212. The lowest BCUT2D eigenvalue weighted by Crippen LogP contribution is -1.98. The number of aryl methyl sites for hydroxylation is 2. The Balaban J connectivity index is 3.06. The Hall–Kier alpha value is -1.12. The summed E-state index contributed by atoms with van der Waals surface area (Å²) in [6.45, 7) is 3.89. The molecule has 0 fully saturated rings. The summed E-state index contributed by atoms with van der Waals surface area (Å²) < 4.78 is 0. The lowest BCUT2D eigenvalue weighted by molar-refractivity contribution is 0.955. The van der Waals surface area contributed by atoms with E-state index in [1.165, 1.54) is 0 Å². The largest absolute Gasteiger partial charge is 0.384 e. The second-order valence-corrected chi connectivity index (χ2v) is 2.18. The fourth-order valence-electron chi connectivity index (χ4n) is 0.836. The van der Waals surface area contributed by atoms with Crippen molar-refractivity contribution >= 4 is 5.82 Å². The van der Waals surface area contributed by atoms with Gasteiger partial charge in [-0.3, -0.25) is 0 Å². The first-order valence-electron chi connectivity index (χ1n) is 3.32. The molecular weight excluding hydrogens is 126 g/mol. The standard InChI is InChI=1S/C7H11N3/c1-3-6-4-7(8)10-5(2)9-6/h4H,3H2,1-2H3,(H2,8,9,10). The number of anilines is 1. The highest BCUT2D eigenvalue weighted by atomic mass is 14.9. The second kappa shape index (κ2) is 2.64. The number of nitrogens with two attached hydrogens (primary N) is 1. The third-order valence-electron chi connectivity index (χ3n) is 1.27. The van der Waals surface area contributed by atoms with E-state index in [0.717, 1.165) is 17.9 Å². The first-order chi connectivity index (χ1) is 4.72. The van der Waals surface area contributed by atoms with E-state index in [1.54, 1.807) is 6.07 Å². The van der Waals surface area contributed by atoms with Gasteiger partial charge in [0.1, 0.15) is 11.6 Å². The summed E-state index contributed by atoms with van der Waals surface area (Å²) in [6, 6.07) is 1.80. The summed E-state index contributed by atoms with van der Waals surface area (Å²) in [7, 11) is 0. The molecule has 1 rings (SSSR count). The van der Waals surface area contributed by atoms with E-state index in [0.29, 0.717) is 5.82 Å². The number of rotatable bonds is 1. The fourth-order valence-corrected chi connectivity index (χ4v) is 0.836. The molecule has 3 heteroatoms. The quantitative estimate of drug-likeness (QED) is 0.626. The van der Waals surface area contributed by atoms with Crippen LogP contribution in [0.25, 0.3) is 0 Å². The highest BCUT2D eigenvalue weighted by Gasteiger charge is 1.94. The van der Waals surface area contributed by atoms with Gasteiger partial charge in [0.25, 0.3) is 0 Å². The number of hydrogen-bond donors (Lipinski definition) is 1. The van der Waals surface area contributed by atoms with Crippen molar-refractivity contribution in [3.05, 3.63) is 17.6 Å². The van der Waals surface area contributed by atoms with Crippen molar-refractivity contribution in [2.45, 2.75) is 20.3 Å². The summed E-state index contributed by atoms with van der Waals surface area (Å²) in [5.41, 5.74) is 6.49. The highest BCUT2D eigenvalue weighted by molar-refractivity contribution is 5.29. The zero-order chi connectivity index (χ0) is 7.56.